The van der Waals surface area contributed by atoms with Crippen molar-refractivity contribution in [1.29, 1.82) is 0 Å². The molecule has 0 saturated heterocycles. The molecule has 0 fully saturated rings. The number of aromatic nitrogens is 1. The van der Waals surface area contributed by atoms with Gasteiger partial charge in [0, 0.05) is 12.7 Å². The molecule has 0 spiro atoms. The summed E-state index contributed by atoms with van der Waals surface area (Å²) in [6, 6.07) is 13.4. The van der Waals surface area contributed by atoms with E-state index >= 15 is 0 Å². The maximum absolute atomic E-state index is 11.9. The van der Waals surface area contributed by atoms with E-state index < -0.39 is 10.0 Å². The van der Waals surface area contributed by atoms with Crippen LogP contribution < -0.4 is 0 Å². The Balaban J connectivity index is 2.21. The highest BCUT2D eigenvalue weighted by Gasteiger charge is 2.18. The predicted molar refractivity (Wildman–Crippen MR) is 79.5 cm³/mol. The van der Waals surface area contributed by atoms with E-state index in [0.29, 0.717) is 6.54 Å². The lowest BCUT2D eigenvalue weighted by molar-refractivity contribution is 0.400. The number of pyridine rings is 1. The molecule has 0 radical (unpaired) electrons. The molecule has 0 aliphatic heterocycles. The van der Waals surface area contributed by atoms with Crippen molar-refractivity contribution < 1.29 is 8.42 Å². The molecule has 2 rings (SSSR count). The van der Waals surface area contributed by atoms with Crippen LogP contribution in [0.15, 0.2) is 48.7 Å². The number of sulfonamides is 1. The van der Waals surface area contributed by atoms with Crippen LogP contribution in [0.4, 0.5) is 0 Å². The van der Waals surface area contributed by atoms with Crippen molar-refractivity contribution in [3.63, 3.8) is 0 Å². The van der Waals surface area contributed by atoms with E-state index in [1.165, 1.54) is 10.6 Å². The summed E-state index contributed by atoms with van der Waals surface area (Å²) in [7, 11) is -3.28. The summed E-state index contributed by atoms with van der Waals surface area (Å²) in [5.41, 5.74) is 2.84. The molecule has 0 aliphatic rings. The number of hydrogen-bond acceptors (Lipinski definition) is 3. The van der Waals surface area contributed by atoms with E-state index in [1.54, 1.807) is 6.20 Å². The van der Waals surface area contributed by atoms with Gasteiger partial charge in [-0.15, -0.1) is 0 Å². The number of nitrogens with zero attached hydrogens (tertiary/aromatic N) is 2. The molecule has 4 nitrogen and oxygen atoms in total. The van der Waals surface area contributed by atoms with Crippen LogP contribution in [0.5, 0.6) is 0 Å². The van der Waals surface area contributed by atoms with Crippen LogP contribution >= 0.6 is 0 Å². The predicted octanol–water partition coefficient (Wildman–Crippen LogP) is 2.35. The summed E-state index contributed by atoms with van der Waals surface area (Å²) >= 11 is 0. The zero-order valence-corrected chi connectivity index (χ0v) is 12.5. The Hall–Kier alpha value is -1.72. The minimum absolute atomic E-state index is 0.285. The first-order valence-corrected chi connectivity index (χ1v) is 8.20. The summed E-state index contributed by atoms with van der Waals surface area (Å²) in [5.74, 6) is 0. The molecule has 5 heteroatoms. The molecule has 2 aromatic rings. The average Bonchev–Trinajstić information content (AvgIpc) is 2.38. The molecule has 0 N–H and O–H groups in total. The van der Waals surface area contributed by atoms with Crippen molar-refractivity contribution in [3.8, 4) is 0 Å². The van der Waals surface area contributed by atoms with Crippen molar-refractivity contribution in [2.75, 3.05) is 6.26 Å². The first-order valence-electron chi connectivity index (χ1n) is 6.36. The largest absolute Gasteiger partial charge is 0.260 e. The zero-order chi connectivity index (χ0) is 14.6. The van der Waals surface area contributed by atoms with Crippen molar-refractivity contribution in [1.82, 2.24) is 9.29 Å². The van der Waals surface area contributed by atoms with Gasteiger partial charge in [-0.3, -0.25) is 4.98 Å². The van der Waals surface area contributed by atoms with Crippen LogP contribution in [0.2, 0.25) is 0 Å². The van der Waals surface area contributed by atoms with Crippen LogP contribution in [-0.4, -0.2) is 24.0 Å². The molecule has 0 atom stereocenters. The molecule has 1 heterocycles. The third-order valence-corrected chi connectivity index (χ3v) is 4.17. The van der Waals surface area contributed by atoms with E-state index in [1.807, 2.05) is 49.4 Å². The molecule has 0 saturated carbocycles. The summed E-state index contributed by atoms with van der Waals surface area (Å²) < 4.78 is 25.3. The SMILES string of the molecule is Cc1cccc(CN(Cc2ccccn2)S(C)(=O)=O)c1. The van der Waals surface area contributed by atoms with E-state index in [2.05, 4.69) is 4.98 Å². The van der Waals surface area contributed by atoms with Crippen LogP contribution in [-0.2, 0) is 23.1 Å². The first-order chi connectivity index (χ1) is 9.45. The van der Waals surface area contributed by atoms with Gasteiger partial charge >= 0.3 is 0 Å². The number of aryl methyl sites for hydroxylation is 1. The van der Waals surface area contributed by atoms with Crippen LogP contribution in [0.1, 0.15) is 16.8 Å². The average molecular weight is 290 g/mol. The van der Waals surface area contributed by atoms with Crippen molar-refractivity contribution in [3.05, 3.63) is 65.5 Å². The monoisotopic (exact) mass is 290 g/mol. The Morgan fingerprint density at radius 2 is 1.90 bits per heavy atom. The fourth-order valence-electron chi connectivity index (χ4n) is 1.98. The molecule has 0 unspecified atom stereocenters. The lowest BCUT2D eigenvalue weighted by atomic mass is 10.1. The van der Waals surface area contributed by atoms with Crippen molar-refractivity contribution in [2.24, 2.45) is 0 Å². The van der Waals surface area contributed by atoms with Crippen molar-refractivity contribution in [2.45, 2.75) is 20.0 Å². The third-order valence-electron chi connectivity index (χ3n) is 2.97. The number of benzene rings is 1. The topological polar surface area (TPSA) is 50.3 Å². The molecule has 1 aromatic carbocycles. The highest BCUT2D eigenvalue weighted by atomic mass is 32.2. The first kappa shape index (κ1) is 14.7. The van der Waals surface area contributed by atoms with E-state index in [4.69, 9.17) is 0 Å². The highest BCUT2D eigenvalue weighted by Crippen LogP contribution is 2.13. The van der Waals surface area contributed by atoms with Crippen LogP contribution in [0, 0.1) is 6.92 Å². The Bertz CT molecular complexity index is 669. The van der Waals surface area contributed by atoms with E-state index in [-0.39, 0.29) is 6.54 Å². The van der Waals surface area contributed by atoms with Gasteiger partial charge in [-0.1, -0.05) is 35.9 Å². The Labute approximate surface area is 120 Å². The zero-order valence-electron chi connectivity index (χ0n) is 11.7. The van der Waals surface area contributed by atoms with Gasteiger partial charge in [-0.05, 0) is 24.6 Å². The highest BCUT2D eigenvalue weighted by molar-refractivity contribution is 7.88. The molecule has 106 valence electrons. The standard InChI is InChI=1S/C15H18N2O2S/c1-13-6-5-7-14(10-13)11-17(20(2,18)19)12-15-8-3-4-9-16-15/h3-10H,11-12H2,1-2H3. The smallest absolute Gasteiger partial charge is 0.211 e. The Morgan fingerprint density at radius 1 is 1.10 bits per heavy atom. The number of rotatable bonds is 5. The second-order valence-electron chi connectivity index (χ2n) is 4.84. The summed E-state index contributed by atoms with van der Waals surface area (Å²) in [6.45, 7) is 2.64. The molecule has 0 amide bonds. The van der Waals surface area contributed by atoms with Crippen molar-refractivity contribution >= 4 is 10.0 Å². The minimum atomic E-state index is -3.28. The number of hydrogen-bond donors (Lipinski definition) is 0. The van der Waals surface area contributed by atoms with Gasteiger partial charge in [-0.2, -0.15) is 4.31 Å². The lowest BCUT2D eigenvalue weighted by Crippen LogP contribution is -2.29. The van der Waals surface area contributed by atoms with Crippen LogP contribution in [0.25, 0.3) is 0 Å². The van der Waals surface area contributed by atoms with Gasteiger partial charge in [0.05, 0.1) is 18.5 Å². The fourth-order valence-corrected chi connectivity index (χ4v) is 2.73. The Kier molecular flexibility index (Phi) is 4.52. The lowest BCUT2D eigenvalue weighted by Gasteiger charge is -2.19. The van der Waals surface area contributed by atoms with Gasteiger partial charge in [-0.25, -0.2) is 8.42 Å². The summed E-state index contributed by atoms with van der Waals surface area (Å²) in [4.78, 5) is 4.19. The van der Waals surface area contributed by atoms with Gasteiger partial charge in [0.25, 0.3) is 0 Å². The third kappa shape index (κ3) is 4.15. The van der Waals surface area contributed by atoms with Gasteiger partial charge in [0.1, 0.15) is 0 Å². The quantitative estimate of drug-likeness (QED) is 0.849. The van der Waals surface area contributed by atoms with Crippen LogP contribution in [0.3, 0.4) is 0 Å². The molecule has 20 heavy (non-hydrogen) atoms. The maximum atomic E-state index is 11.9. The Morgan fingerprint density at radius 3 is 2.50 bits per heavy atom. The second kappa shape index (κ2) is 6.15. The summed E-state index contributed by atoms with van der Waals surface area (Å²) in [5, 5.41) is 0. The molecule has 0 bridgehead atoms. The minimum Gasteiger partial charge on any atom is -0.260 e. The molecular weight excluding hydrogens is 272 g/mol. The van der Waals surface area contributed by atoms with E-state index in [9.17, 15) is 8.42 Å². The second-order valence-corrected chi connectivity index (χ2v) is 6.82. The molecule has 0 aliphatic carbocycles. The fraction of sp³-hybridized carbons (Fsp3) is 0.267. The van der Waals surface area contributed by atoms with E-state index in [0.717, 1.165) is 16.8 Å². The summed E-state index contributed by atoms with van der Waals surface area (Å²) in [6.07, 6.45) is 2.90. The maximum Gasteiger partial charge on any atom is 0.211 e. The van der Waals surface area contributed by atoms with Gasteiger partial charge in [0.15, 0.2) is 0 Å². The normalized spacial score (nSPS) is 11.8. The molecule has 1 aromatic heterocycles. The van der Waals surface area contributed by atoms with Gasteiger partial charge in [0.2, 0.25) is 10.0 Å². The van der Waals surface area contributed by atoms with Gasteiger partial charge < -0.3 is 0 Å². The molecular formula is C15H18N2O2S.